The Morgan fingerprint density at radius 3 is 2.31 bits per heavy atom. The van der Waals surface area contributed by atoms with Crippen molar-refractivity contribution in [3.05, 3.63) is 93.0 Å². The minimum atomic E-state index is 0. The monoisotopic (exact) mass is 451 g/mol. The average molecular weight is 453 g/mol. The van der Waals surface area contributed by atoms with Crippen molar-refractivity contribution in [3.8, 4) is 11.5 Å². The average Bonchev–Trinajstić information content (AvgIpc) is 2.69. The number of halogens is 3. The van der Waals surface area contributed by atoms with E-state index >= 15 is 0 Å². The Morgan fingerprint density at radius 1 is 0.897 bits per heavy atom. The van der Waals surface area contributed by atoms with Crippen molar-refractivity contribution in [2.45, 2.75) is 26.6 Å². The van der Waals surface area contributed by atoms with Crippen LogP contribution in [-0.4, -0.2) is 7.11 Å². The van der Waals surface area contributed by atoms with E-state index in [2.05, 4.69) is 36.5 Å². The summed E-state index contributed by atoms with van der Waals surface area (Å²) in [7, 11) is 1.67. The molecule has 3 aromatic rings. The van der Waals surface area contributed by atoms with Gasteiger partial charge in [-0.05, 0) is 30.7 Å². The maximum atomic E-state index is 6.41. The summed E-state index contributed by atoms with van der Waals surface area (Å²) in [6, 6.07) is 19.8. The van der Waals surface area contributed by atoms with Crippen LogP contribution in [0.1, 0.15) is 22.3 Å². The number of hydrogen-bond donors (Lipinski definition) is 1. The second kappa shape index (κ2) is 11.3. The molecule has 0 bridgehead atoms. The van der Waals surface area contributed by atoms with Crippen molar-refractivity contribution in [2.24, 2.45) is 0 Å². The van der Waals surface area contributed by atoms with Crippen LogP contribution in [-0.2, 0) is 19.7 Å². The Hall–Kier alpha value is -1.91. The molecule has 0 fully saturated rings. The summed E-state index contributed by atoms with van der Waals surface area (Å²) in [4.78, 5) is 0. The molecular weight excluding hydrogens is 429 g/mol. The molecule has 3 rings (SSSR count). The fourth-order valence-electron chi connectivity index (χ4n) is 2.93. The van der Waals surface area contributed by atoms with E-state index in [1.54, 1.807) is 13.2 Å². The first-order valence-electron chi connectivity index (χ1n) is 9.05. The predicted octanol–water partition coefficient (Wildman–Crippen LogP) is 6.60. The topological polar surface area (TPSA) is 30.5 Å². The number of aryl methyl sites for hydroxylation is 1. The van der Waals surface area contributed by atoms with Crippen molar-refractivity contribution in [1.29, 1.82) is 0 Å². The summed E-state index contributed by atoms with van der Waals surface area (Å²) in [6.07, 6.45) is 0. The van der Waals surface area contributed by atoms with Gasteiger partial charge in [0.05, 0.1) is 12.1 Å². The molecule has 1 N–H and O–H groups in total. The highest BCUT2D eigenvalue weighted by Crippen LogP contribution is 2.33. The standard InChI is InChI=1S/C23H23Cl2NO2.ClH/c1-16-7-9-17(10-8-16)15-28-23-19(11-20(24)12-21(23)25)14-26-13-18-5-3-4-6-22(18)27-2;/h3-12,26H,13-15H2,1-2H3;1H. The highest BCUT2D eigenvalue weighted by Gasteiger charge is 2.12. The minimum absolute atomic E-state index is 0. The fraction of sp³-hybridized carbons (Fsp3) is 0.217. The lowest BCUT2D eigenvalue weighted by Gasteiger charge is -2.15. The summed E-state index contributed by atoms with van der Waals surface area (Å²) in [6.45, 7) is 3.74. The van der Waals surface area contributed by atoms with Crippen molar-refractivity contribution in [3.63, 3.8) is 0 Å². The Balaban J connectivity index is 0.00000300. The van der Waals surface area contributed by atoms with E-state index in [4.69, 9.17) is 32.7 Å². The van der Waals surface area contributed by atoms with E-state index < -0.39 is 0 Å². The van der Waals surface area contributed by atoms with Crippen LogP contribution >= 0.6 is 35.6 Å². The number of rotatable bonds is 8. The van der Waals surface area contributed by atoms with E-state index in [1.165, 1.54) is 5.56 Å². The third kappa shape index (κ3) is 6.55. The summed E-state index contributed by atoms with van der Waals surface area (Å²) < 4.78 is 11.4. The molecule has 0 aromatic heterocycles. The van der Waals surface area contributed by atoms with Gasteiger partial charge in [0, 0.05) is 29.2 Å². The van der Waals surface area contributed by atoms with Crippen molar-refractivity contribution < 1.29 is 9.47 Å². The van der Waals surface area contributed by atoms with E-state index in [9.17, 15) is 0 Å². The Morgan fingerprint density at radius 2 is 1.59 bits per heavy atom. The van der Waals surface area contributed by atoms with E-state index in [0.717, 1.165) is 22.4 Å². The van der Waals surface area contributed by atoms with Crippen LogP contribution in [0.4, 0.5) is 0 Å². The van der Waals surface area contributed by atoms with Crippen LogP contribution in [0, 0.1) is 6.92 Å². The molecule has 0 spiro atoms. The highest BCUT2D eigenvalue weighted by atomic mass is 35.5. The molecule has 0 amide bonds. The molecule has 0 radical (unpaired) electrons. The van der Waals surface area contributed by atoms with Crippen LogP contribution in [0.2, 0.25) is 10.0 Å². The molecule has 0 saturated heterocycles. The van der Waals surface area contributed by atoms with Crippen molar-refractivity contribution >= 4 is 35.6 Å². The van der Waals surface area contributed by atoms with Crippen LogP contribution in [0.5, 0.6) is 11.5 Å². The first-order chi connectivity index (χ1) is 13.6. The fourth-order valence-corrected chi connectivity index (χ4v) is 3.52. The van der Waals surface area contributed by atoms with Crippen LogP contribution in [0.25, 0.3) is 0 Å². The van der Waals surface area contributed by atoms with Gasteiger partial charge in [0.1, 0.15) is 18.1 Å². The van der Waals surface area contributed by atoms with E-state index in [1.807, 2.05) is 30.3 Å². The molecule has 0 saturated carbocycles. The number of para-hydroxylation sites is 1. The lowest BCUT2D eigenvalue weighted by molar-refractivity contribution is 0.302. The molecule has 154 valence electrons. The van der Waals surface area contributed by atoms with Gasteiger partial charge in [0.25, 0.3) is 0 Å². The van der Waals surface area contributed by atoms with Gasteiger partial charge in [-0.2, -0.15) is 0 Å². The summed E-state index contributed by atoms with van der Waals surface area (Å²) >= 11 is 12.6. The van der Waals surface area contributed by atoms with Gasteiger partial charge in [-0.25, -0.2) is 0 Å². The number of benzene rings is 3. The largest absolute Gasteiger partial charge is 0.496 e. The molecule has 3 nitrogen and oxygen atoms in total. The molecular formula is C23H24Cl3NO2. The first-order valence-corrected chi connectivity index (χ1v) is 9.81. The molecule has 29 heavy (non-hydrogen) atoms. The van der Waals surface area contributed by atoms with Gasteiger partial charge in [0.15, 0.2) is 0 Å². The number of methoxy groups -OCH3 is 1. The van der Waals surface area contributed by atoms with Crippen LogP contribution in [0.3, 0.4) is 0 Å². The maximum absolute atomic E-state index is 6.41. The van der Waals surface area contributed by atoms with Crippen LogP contribution < -0.4 is 14.8 Å². The molecule has 6 heteroatoms. The maximum Gasteiger partial charge on any atom is 0.142 e. The van der Waals surface area contributed by atoms with Gasteiger partial charge < -0.3 is 14.8 Å². The molecule has 0 aliphatic rings. The smallest absolute Gasteiger partial charge is 0.142 e. The van der Waals surface area contributed by atoms with Gasteiger partial charge in [-0.15, -0.1) is 12.4 Å². The Bertz CT molecular complexity index is 930. The Kier molecular flexibility index (Phi) is 9.12. The van der Waals surface area contributed by atoms with Gasteiger partial charge in [-0.3, -0.25) is 0 Å². The van der Waals surface area contributed by atoms with Crippen molar-refractivity contribution in [2.75, 3.05) is 7.11 Å². The van der Waals surface area contributed by atoms with Gasteiger partial charge in [-0.1, -0.05) is 71.2 Å². The number of nitrogens with one attached hydrogen (secondary N) is 1. The van der Waals surface area contributed by atoms with E-state index in [-0.39, 0.29) is 12.4 Å². The Labute approximate surface area is 188 Å². The highest BCUT2D eigenvalue weighted by molar-refractivity contribution is 6.35. The van der Waals surface area contributed by atoms with Gasteiger partial charge in [0.2, 0.25) is 0 Å². The van der Waals surface area contributed by atoms with Crippen molar-refractivity contribution in [1.82, 2.24) is 5.32 Å². The summed E-state index contributed by atoms with van der Waals surface area (Å²) in [5, 5.41) is 4.51. The number of ether oxygens (including phenoxy) is 2. The zero-order valence-corrected chi connectivity index (χ0v) is 18.7. The third-order valence-electron chi connectivity index (χ3n) is 4.41. The third-order valence-corrected chi connectivity index (χ3v) is 4.91. The lowest BCUT2D eigenvalue weighted by Crippen LogP contribution is -2.14. The molecule has 3 aromatic carbocycles. The second-order valence-electron chi connectivity index (χ2n) is 6.57. The predicted molar refractivity (Wildman–Crippen MR) is 123 cm³/mol. The van der Waals surface area contributed by atoms with Gasteiger partial charge >= 0.3 is 0 Å². The molecule has 0 atom stereocenters. The molecule has 0 aliphatic heterocycles. The quantitative estimate of drug-likeness (QED) is 0.417. The molecule has 0 unspecified atom stereocenters. The summed E-state index contributed by atoms with van der Waals surface area (Å²) in [5.74, 6) is 1.51. The SMILES string of the molecule is COc1ccccc1CNCc1cc(Cl)cc(Cl)c1OCc1ccc(C)cc1.Cl. The summed E-state index contributed by atoms with van der Waals surface area (Å²) in [5.41, 5.74) is 4.30. The second-order valence-corrected chi connectivity index (χ2v) is 7.41. The molecule has 0 aliphatic carbocycles. The van der Waals surface area contributed by atoms with Crippen LogP contribution in [0.15, 0.2) is 60.7 Å². The first kappa shape index (κ1) is 23.4. The zero-order chi connectivity index (χ0) is 19.9. The normalized spacial score (nSPS) is 10.3. The number of hydrogen-bond acceptors (Lipinski definition) is 3. The zero-order valence-electron chi connectivity index (χ0n) is 16.4. The molecule has 0 heterocycles. The minimum Gasteiger partial charge on any atom is -0.496 e. The van der Waals surface area contributed by atoms with E-state index in [0.29, 0.717) is 35.5 Å². The lowest BCUT2D eigenvalue weighted by atomic mass is 10.1.